The van der Waals surface area contributed by atoms with Gasteiger partial charge in [0.2, 0.25) is 5.89 Å². The number of nitrogens with zero attached hydrogens (tertiary/aromatic N) is 3. The highest BCUT2D eigenvalue weighted by Crippen LogP contribution is 2.31. The van der Waals surface area contributed by atoms with Crippen LogP contribution in [0.3, 0.4) is 0 Å². The summed E-state index contributed by atoms with van der Waals surface area (Å²) < 4.78 is 20.1. The molecule has 3 rings (SSSR count). The van der Waals surface area contributed by atoms with Gasteiger partial charge in [-0.1, -0.05) is 17.7 Å². The summed E-state index contributed by atoms with van der Waals surface area (Å²) in [5.41, 5.74) is 1.41. The maximum absolute atomic E-state index is 14.6. The molecule has 1 saturated heterocycles. The summed E-state index contributed by atoms with van der Waals surface area (Å²) in [6.07, 6.45) is 2.22. The second-order valence-corrected chi connectivity index (χ2v) is 7.36. The van der Waals surface area contributed by atoms with E-state index in [1.807, 2.05) is 13.8 Å². The summed E-state index contributed by atoms with van der Waals surface area (Å²) in [5, 5.41) is 6.94. The Kier molecular flexibility index (Phi) is 6.91. The lowest BCUT2D eigenvalue weighted by molar-refractivity contribution is 0.240. The lowest BCUT2D eigenvalue weighted by Crippen LogP contribution is -2.42. The lowest BCUT2D eigenvalue weighted by Gasteiger charge is -2.29. The number of guanidine groups is 1. The monoisotopic (exact) mass is 407 g/mol. The Morgan fingerprint density at radius 3 is 2.68 bits per heavy atom. The Balaban J connectivity index is 1.68. The van der Waals surface area contributed by atoms with E-state index in [1.165, 1.54) is 6.07 Å². The van der Waals surface area contributed by atoms with Gasteiger partial charge in [-0.3, -0.25) is 9.89 Å². The molecule has 0 amide bonds. The molecule has 6 nitrogen and oxygen atoms in total. The van der Waals surface area contributed by atoms with Crippen LogP contribution in [0.1, 0.15) is 41.8 Å². The first kappa shape index (κ1) is 20.6. The summed E-state index contributed by atoms with van der Waals surface area (Å²) in [7, 11) is 1.70. The Morgan fingerprint density at radius 2 is 2.07 bits per heavy atom. The van der Waals surface area contributed by atoms with Gasteiger partial charge < -0.3 is 15.1 Å². The lowest BCUT2D eigenvalue weighted by atomic mass is 10.0. The zero-order valence-electron chi connectivity index (χ0n) is 16.6. The van der Waals surface area contributed by atoms with E-state index in [1.54, 1.807) is 19.2 Å². The van der Waals surface area contributed by atoms with E-state index in [0.29, 0.717) is 35.5 Å². The number of aliphatic imine (C=N–C) groups is 1. The van der Waals surface area contributed by atoms with E-state index in [-0.39, 0.29) is 11.9 Å². The summed E-state index contributed by atoms with van der Waals surface area (Å²) in [6.45, 7) is 6.56. The van der Waals surface area contributed by atoms with Crippen molar-refractivity contribution in [1.29, 1.82) is 0 Å². The minimum absolute atomic E-state index is 0.166. The number of hydrogen-bond acceptors (Lipinski definition) is 4. The van der Waals surface area contributed by atoms with Crippen LogP contribution in [0.2, 0.25) is 5.02 Å². The summed E-state index contributed by atoms with van der Waals surface area (Å²) in [4.78, 5) is 10.9. The number of halogens is 2. The molecule has 1 unspecified atom stereocenters. The molecule has 0 radical (unpaired) electrons. The van der Waals surface area contributed by atoms with Crippen molar-refractivity contribution in [2.45, 2.75) is 39.3 Å². The van der Waals surface area contributed by atoms with Gasteiger partial charge in [-0.2, -0.15) is 0 Å². The molecule has 1 aromatic heterocycles. The fourth-order valence-electron chi connectivity index (χ4n) is 3.48. The van der Waals surface area contributed by atoms with Crippen molar-refractivity contribution in [3.05, 3.63) is 51.9 Å². The SMILES string of the molecule is CN=C(NCc1nc(C)c(C)o1)NCC(c1c(F)cccc1Cl)N1CCCC1. The van der Waals surface area contributed by atoms with Crippen molar-refractivity contribution in [3.8, 4) is 0 Å². The summed E-state index contributed by atoms with van der Waals surface area (Å²) >= 11 is 6.35. The molecule has 0 bridgehead atoms. The van der Waals surface area contributed by atoms with Crippen LogP contribution in [0, 0.1) is 19.7 Å². The molecule has 1 atom stereocenters. The molecule has 1 aromatic carbocycles. The second-order valence-electron chi connectivity index (χ2n) is 6.95. The van der Waals surface area contributed by atoms with E-state index in [4.69, 9.17) is 16.0 Å². The minimum Gasteiger partial charge on any atom is -0.444 e. The molecule has 8 heteroatoms. The van der Waals surface area contributed by atoms with E-state index in [9.17, 15) is 4.39 Å². The zero-order valence-corrected chi connectivity index (χ0v) is 17.3. The molecule has 2 aromatic rings. The first-order chi connectivity index (χ1) is 13.5. The van der Waals surface area contributed by atoms with Gasteiger partial charge >= 0.3 is 0 Å². The van der Waals surface area contributed by atoms with Gasteiger partial charge in [0, 0.05) is 24.2 Å². The molecule has 1 fully saturated rings. The Labute approximate surface area is 170 Å². The second kappa shape index (κ2) is 9.39. The fraction of sp³-hybridized carbons (Fsp3) is 0.500. The largest absolute Gasteiger partial charge is 0.444 e. The molecule has 1 aliphatic heterocycles. The van der Waals surface area contributed by atoms with E-state index < -0.39 is 0 Å². The van der Waals surface area contributed by atoms with Crippen molar-refractivity contribution in [1.82, 2.24) is 20.5 Å². The molecule has 0 saturated carbocycles. The number of nitrogens with one attached hydrogen (secondary N) is 2. The number of benzene rings is 1. The van der Waals surface area contributed by atoms with Gasteiger partial charge in [0.1, 0.15) is 11.6 Å². The average Bonchev–Trinajstić information content (AvgIpc) is 3.30. The Morgan fingerprint density at radius 1 is 1.32 bits per heavy atom. The van der Waals surface area contributed by atoms with Gasteiger partial charge in [-0.25, -0.2) is 9.37 Å². The molecule has 2 heterocycles. The molecule has 1 aliphatic rings. The van der Waals surface area contributed by atoms with Gasteiger partial charge in [0.25, 0.3) is 0 Å². The Bertz CT molecular complexity index is 792. The van der Waals surface area contributed by atoms with E-state index in [2.05, 4.69) is 25.5 Å². The minimum atomic E-state index is -0.278. The molecular formula is C20H27ClFN5O. The van der Waals surface area contributed by atoms with Crippen molar-refractivity contribution >= 4 is 17.6 Å². The fourth-order valence-corrected chi connectivity index (χ4v) is 3.77. The molecule has 0 aliphatic carbocycles. The van der Waals surface area contributed by atoms with Crippen molar-refractivity contribution in [2.24, 2.45) is 4.99 Å². The first-order valence-electron chi connectivity index (χ1n) is 9.55. The molecule has 0 spiro atoms. The summed E-state index contributed by atoms with van der Waals surface area (Å²) in [6, 6.07) is 4.67. The third kappa shape index (κ3) is 4.83. The highest BCUT2D eigenvalue weighted by Gasteiger charge is 2.27. The predicted octanol–water partition coefficient (Wildman–Crippen LogP) is 3.59. The van der Waals surface area contributed by atoms with Crippen LogP contribution in [0.4, 0.5) is 4.39 Å². The van der Waals surface area contributed by atoms with Crippen LogP contribution in [0.5, 0.6) is 0 Å². The molecule has 152 valence electrons. The normalized spacial score (nSPS) is 16.4. The van der Waals surface area contributed by atoms with Crippen LogP contribution in [-0.4, -0.2) is 42.5 Å². The highest BCUT2D eigenvalue weighted by atomic mass is 35.5. The third-order valence-corrected chi connectivity index (χ3v) is 5.41. The zero-order chi connectivity index (χ0) is 20.1. The number of rotatable bonds is 6. The van der Waals surface area contributed by atoms with Gasteiger partial charge in [-0.15, -0.1) is 0 Å². The number of likely N-dealkylation sites (tertiary alicyclic amines) is 1. The predicted molar refractivity (Wildman–Crippen MR) is 109 cm³/mol. The van der Waals surface area contributed by atoms with E-state index in [0.717, 1.165) is 37.4 Å². The molecular weight excluding hydrogens is 381 g/mol. The van der Waals surface area contributed by atoms with Gasteiger partial charge in [-0.05, 0) is 51.9 Å². The van der Waals surface area contributed by atoms with E-state index >= 15 is 0 Å². The first-order valence-corrected chi connectivity index (χ1v) is 9.92. The quantitative estimate of drug-likeness (QED) is 0.566. The highest BCUT2D eigenvalue weighted by molar-refractivity contribution is 6.31. The topological polar surface area (TPSA) is 65.7 Å². The van der Waals surface area contributed by atoms with Gasteiger partial charge in [0.05, 0.1) is 18.3 Å². The molecule has 28 heavy (non-hydrogen) atoms. The number of hydrogen-bond donors (Lipinski definition) is 2. The maximum atomic E-state index is 14.6. The van der Waals surface area contributed by atoms with Crippen molar-refractivity contribution in [3.63, 3.8) is 0 Å². The summed E-state index contributed by atoms with van der Waals surface area (Å²) in [5.74, 6) is 1.74. The maximum Gasteiger partial charge on any atom is 0.214 e. The number of aromatic nitrogens is 1. The number of oxazole rings is 1. The molecule has 2 N–H and O–H groups in total. The third-order valence-electron chi connectivity index (χ3n) is 5.08. The average molecular weight is 408 g/mol. The van der Waals surface area contributed by atoms with Gasteiger partial charge in [0.15, 0.2) is 5.96 Å². The van der Waals surface area contributed by atoms with Crippen LogP contribution >= 0.6 is 11.6 Å². The van der Waals surface area contributed by atoms with Crippen molar-refractivity contribution < 1.29 is 8.81 Å². The number of aryl methyl sites for hydroxylation is 2. The Hall–Kier alpha value is -2.12. The standard InChI is InChI=1S/C20H27ClFN5O/c1-13-14(2)28-18(26-13)12-25-20(23-3)24-11-17(27-9-4-5-10-27)19-15(21)7-6-8-16(19)22/h6-8,17H,4-5,9-12H2,1-3H3,(H2,23,24,25). The van der Waals surface area contributed by atoms with Crippen LogP contribution < -0.4 is 10.6 Å². The van der Waals surface area contributed by atoms with Crippen LogP contribution in [0.15, 0.2) is 27.6 Å². The van der Waals surface area contributed by atoms with Crippen LogP contribution in [-0.2, 0) is 6.54 Å². The smallest absolute Gasteiger partial charge is 0.214 e. The van der Waals surface area contributed by atoms with Crippen LogP contribution in [0.25, 0.3) is 0 Å². The van der Waals surface area contributed by atoms with Crippen molar-refractivity contribution in [2.75, 3.05) is 26.7 Å².